The van der Waals surface area contributed by atoms with E-state index in [0.29, 0.717) is 18.1 Å². The molecule has 0 aliphatic carbocycles. The van der Waals surface area contributed by atoms with Gasteiger partial charge in [-0.3, -0.25) is 4.79 Å². The molecular formula is C18H28N2O2. The molecule has 1 atom stereocenters. The van der Waals surface area contributed by atoms with Crippen molar-refractivity contribution in [2.75, 3.05) is 19.6 Å². The molecule has 4 heteroatoms. The highest BCUT2D eigenvalue weighted by atomic mass is 16.3. The van der Waals surface area contributed by atoms with E-state index in [1.165, 1.54) is 5.56 Å². The number of benzene rings is 1. The third-order valence-electron chi connectivity index (χ3n) is 4.67. The lowest BCUT2D eigenvalue weighted by atomic mass is 9.90. The van der Waals surface area contributed by atoms with Crippen LogP contribution in [0.2, 0.25) is 0 Å². The highest BCUT2D eigenvalue weighted by molar-refractivity contribution is 5.76. The van der Waals surface area contributed by atoms with E-state index in [1.807, 2.05) is 17.0 Å². The third-order valence-corrected chi connectivity index (χ3v) is 4.67. The van der Waals surface area contributed by atoms with Gasteiger partial charge in [-0.1, -0.05) is 19.1 Å². The normalized spacial score (nSPS) is 18.3. The van der Waals surface area contributed by atoms with E-state index in [-0.39, 0.29) is 5.54 Å². The summed E-state index contributed by atoms with van der Waals surface area (Å²) in [5, 5.41) is 13.0. The van der Waals surface area contributed by atoms with Crippen molar-refractivity contribution < 1.29 is 9.90 Å². The second kappa shape index (κ2) is 7.63. The first-order valence-corrected chi connectivity index (χ1v) is 8.33. The molecule has 1 unspecified atom stereocenters. The van der Waals surface area contributed by atoms with Crippen LogP contribution in [-0.4, -0.2) is 41.1 Å². The number of piperidine rings is 1. The fourth-order valence-electron chi connectivity index (χ4n) is 2.97. The summed E-state index contributed by atoms with van der Waals surface area (Å²) in [5.74, 6) is 0.600. The zero-order valence-electron chi connectivity index (χ0n) is 13.8. The van der Waals surface area contributed by atoms with E-state index in [9.17, 15) is 9.90 Å². The van der Waals surface area contributed by atoms with Gasteiger partial charge in [-0.25, -0.2) is 0 Å². The lowest BCUT2D eigenvalue weighted by Crippen LogP contribution is -2.48. The van der Waals surface area contributed by atoms with Gasteiger partial charge in [0.1, 0.15) is 5.75 Å². The van der Waals surface area contributed by atoms with Gasteiger partial charge in [0.2, 0.25) is 5.91 Å². The van der Waals surface area contributed by atoms with Crippen molar-refractivity contribution in [2.45, 2.75) is 51.5 Å². The number of nitrogens with zero attached hydrogens (tertiary/aromatic N) is 1. The molecule has 1 fully saturated rings. The molecule has 4 nitrogen and oxygen atoms in total. The van der Waals surface area contributed by atoms with Crippen molar-refractivity contribution in [1.82, 2.24) is 10.2 Å². The summed E-state index contributed by atoms with van der Waals surface area (Å²) in [4.78, 5) is 13.8. The van der Waals surface area contributed by atoms with E-state index >= 15 is 0 Å². The summed E-state index contributed by atoms with van der Waals surface area (Å²) < 4.78 is 0. The fourth-order valence-corrected chi connectivity index (χ4v) is 2.97. The number of likely N-dealkylation sites (tertiary alicyclic amines) is 1. The molecule has 1 saturated heterocycles. The van der Waals surface area contributed by atoms with Crippen LogP contribution in [-0.2, 0) is 11.2 Å². The lowest BCUT2D eigenvalue weighted by Gasteiger charge is -2.33. The van der Waals surface area contributed by atoms with Crippen molar-refractivity contribution >= 4 is 5.91 Å². The summed E-state index contributed by atoms with van der Waals surface area (Å²) in [6, 6.07) is 7.41. The minimum absolute atomic E-state index is 0.00973. The Hall–Kier alpha value is -1.55. The summed E-state index contributed by atoms with van der Waals surface area (Å²) >= 11 is 0. The predicted molar refractivity (Wildman–Crippen MR) is 88.9 cm³/mol. The first kappa shape index (κ1) is 16.8. The Morgan fingerprint density at radius 1 is 1.27 bits per heavy atom. The van der Waals surface area contributed by atoms with Crippen LogP contribution in [0.1, 0.15) is 45.1 Å². The zero-order valence-corrected chi connectivity index (χ0v) is 13.8. The minimum Gasteiger partial charge on any atom is -0.508 e. The molecule has 0 radical (unpaired) electrons. The first-order chi connectivity index (χ1) is 10.5. The van der Waals surface area contributed by atoms with Gasteiger partial charge in [0, 0.05) is 31.6 Å². The van der Waals surface area contributed by atoms with Gasteiger partial charge in [0.25, 0.3) is 0 Å². The molecule has 0 spiro atoms. The summed E-state index contributed by atoms with van der Waals surface area (Å²) in [5.41, 5.74) is 1.22. The number of aromatic hydroxyl groups is 1. The van der Waals surface area contributed by atoms with Crippen molar-refractivity contribution in [3.05, 3.63) is 29.8 Å². The van der Waals surface area contributed by atoms with Gasteiger partial charge < -0.3 is 15.3 Å². The Kier molecular flexibility index (Phi) is 5.83. The van der Waals surface area contributed by atoms with Crippen LogP contribution in [0.4, 0.5) is 0 Å². The maximum atomic E-state index is 11.8. The molecule has 0 aromatic heterocycles. The Bertz CT molecular complexity index is 486. The van der Waals surface area contributed by atoms with E-state index in [4.69, 9.17) is 0 Å². The molecular weight excluding hydrogens is 276 g/mol. The molecule has 2 N–H and O–H groups in total. The van der Waals surface area contributed by atoms with Crippen LogP contribution in [0.3, 0.4) is 0 Å². The molecule has 1 aliphatic rings. The number of hydrogen-bond acceptors (Lipinski definition) is 3. The molecule has 122 valence electrons. The number of hydrogen-bond donors (Lipinski definition) is 2. The monoisotopic (exact) mass is 304 g/mol. The number of carbonyl (C=O) groups is 1. The maximum Gasteiger partial charge on any atom is 0.222 e. The van der Waals surface area contributed by atoms with Crippen molar-refractivity contribution in [3.8, 4) is 5.75 Å². The largest absolute Gasteiger partial charge is 0.508 e. The molecule has 1 amide bonds. The van der Waals surface area contributed by atoms with Crippen LogP contribution < -0.4 is 5.32 Å². The highest BCUT2D eigenvalue weighted by Crippen LogP contribution is 2.19. The fraction of sp³-hybridized carbons (Fsp3) is 0.611. The topological polar surface area (TPSA) is 52.6 Å². The van der Waals surface area contributed by atoms with Gasteiger partial charge in [-0.05, 0) is 50.3 Å². The van der Waals surface area contributed by atoms with E-state index in [1.54, 1.807) is 12.1 Å². The molecule has 1 aliphatic heterocycles. The Balaban J connectivity index is 1.84. The molecule has 1 aromatic rings. The first-order valence-electron chi connectivity index (χ1n) is 8.33. The SMILES string of the molecule is CCC(C)(Cc1ccc(O)cc1)NCCN1CCCCC1=O. The second-order valence-corrected chi connectivity index (χ2v) is 6.52. The third kappa shape index (κ3) is 4.73. The van der Waals surface area contributed by atoms with Gasteiger partial charge in [0.05, 0.1) is 0 Å². The Morgan fingerprint density at radius 3 is 2.64 bits per heavy atom. The number of amides is 1. The predicted octanol–water partition coefficient (Wildman–Crippen LogP) is 2.71. The minimum atomic E-state index is 0.00973. The van der Waals surface area contributed by atoms with Gasteiger partial charge in [-0.2, -0.15) is 0 Å². The van der Waals surface area contributed by atoms with Gasteiger partial charge in [-0.15, -0.1) is 0 Å². The number of nitrogens with one attached hydrogen (secondary N) is 1. The summed E-state index contributed by atoms with van der Waals surface area (Å²) in [6.45, 7) is 6.93. The smallest absolute Gasteiger partial charge is 0.222 e. The average molecular weight is 304 g/mol. The molecule has 0 saturated carbocycles. The highest BCUT2D eigenvalue weighted by Gasteiger charge is 2.23. The van der Waals surface area contributed by atoms with Crippen LogP contribution in [0.15, 0.2) is 24.3 Å². The van der Waals surface area contributed by atoms with Gasteiger partial charge >= 0.3 is 0 Å². The standard InChI is InChI=1S/C18H28N2O2/c1-3-18(2,14-15-7-9-16(21)10-8-15)19-11-13-20-12-5-4-6-17(20)22/h7-10,19,21H,3-6,11-14H2,1-2H3. The quantitative estimate of drug-likeness (QED) is 0.814. The Morgan fingerprint density at radius 2 is 2.00 bits per heavy atom. The number of phenolic OH excluding ortho intramolecular Hbond substituents is 1. The molecule has 1 aromatic carbocycles. The lowest BCUT2D eigenvalue weighted by molar-refractivity contribution is -0.133. The van der Waals surface area contributed by atoms with Crippen molar-refractivity contribution in [3.63, 3.8) is 0 Å². The molecule has 0 bridgehead atoms. The number of phenols is 1. The van der Waals surface area contributed by atoms with Crippen molar-refractivity contribution in [2.24, 2.45) is 0 Å². The Labute approximate surface area is 133 Å². The molecule has 22 heavy (non-hydrogen) atoms. The van der Waals surface area contributed by atoms with Gasteiger partial charge in [0.15, 0.2) is 0 Å². The summed E-state index contributed by atoms with van der Waals surface area (Å²) in [7, 11) is 0. The van der Waals surface area contributed by atoms with E-state index in [2.05, 4.69) is 19.2 Å². The zero-order chi connectivity index (χ0) is 16.0. The van der Waals surface area contributed by atoms with Crippen LogP contribution in [0.5, 0.6) is 5.75 Å². The number of carbonyl (C=O) groups excluding carboxylic acids is 1. The van der Waals surface area contributed by atoms with E-state index in [0.717, 1.165) is 45.3 Å². The van der Waals surface area contributed by atoms with Crippen LogP contribution >= 0.6 is 0 Å². The molecule has 2 rings (SSSR count). The second-order valence-electron chi connectivity index (χ2n) is 6.52. The number of rotatable bonds is 7. The molecule has 1 heterocycles. The van der Waals surface area contributed by atoms with Crippen molar-refractivity contribution in [1.29, 1.82) is 0 Å². The summed E-state index contributed by atoms with van der Waals surface area (Å²) in [6.07, 6.45) is 4.80. The van der Waals surface area contributed by atoms with E-state index < -0.39 is 0 Å². The maximum absolute atomic E-state index is 11.8. The van der Waals surface area contributed by atoms with Crippen LogP contribution in [0.25, 0.3) is 0 Å². The average Bonchev–Trinajstić information content (AvgIpc) is 2.52. The van der Waals surface area contributed by atoms with Crippen LogP contribution in [0, 0.1) is 0 Å².